The van der Waals surface area contributed by atoms with Gasteiger partial charge in [0, 0.05) is 0 Å². The Morgan fingerprint density at radius 2 is 1.94 bits per heavy atom. The van der Waals surface area contributed by atoms with Crippen LogP contribution in [0.15, 0.2) is 30.3 Å². The molecule has 0 radical (unpaired) electrons. The van der Waals surface area contributed by atoms with Gasteiger partial charge in [0.1, 0.15) is 6.61 Å². The van der Waals surface area contributed by atoms with Crippen molar-refractivity contribution in [2.75, 3.05) is 0 Å². The molecule has 1 rings (SSSR count). The van der Waals surface area contributed by atoms with Crippen molar-refractivity contribution in [3.63, 3.8) is 0 Å². The molecule has 0 aliphatic carbocycles. The molecule has 1 aromatic carbocycles. The lowest BCUT2D eigenvalue weighted by Crippen LogP contribution is -2.28. The Morgan fingerprint density at radius 3 is 2.50 bits per heavy atom. The summed E-state index contributed by atoms with van der Waals surface area (Å²) in [4.78, 5) is 21.6. The molecular weight excluding hydrogens is 210 g/mol. The predicted octanol–water partition coefficient (Wildman–Crippen LogP) is -0.0339. The third-order valence-electron chi connectivity index (χ3n) is 1.89. The van der Waals surface area contributed by atoms with Crippen LogP contribution in [-0.2, 0) is 20.9 Å². The second-order valence-corrected chi connectivity index (χ2v) is 3.28. The van der Waals surface area contributed by atoms with Crippen molar-refractivity contribution in [1.29, 1.82) is 0 Å². The molecule has 5 nitrogen and oxygen atoms in total. The normalized spacial score (nSPS) is 11.8. The zero-order valence-electron chi connectivity index (χ0n) is 8.63. The smallest absolute Gasteiger partial charge is 0.335 e. The summed E-state index contributed by atoms with van der Waals surface area (Å²) >= 11 is 0. The molecule has 5 heteroatoms. The fraction of sp³-hybridized carbons (Fsp3) is 0.273. The van der Waals surface area contributed by atoms with Crippen LogP contribution >= 0.6 is 0 Å². The van der Waals surface area contributed by atoms with Gasteiger partial charge in [-0.15, -0.1) is 0 Å². The van der Waals surface area contributed by atoms with E-state index in [9.17, 15) is 14.7 Å². The summed E-state index contributed by atoms with van der Waals surface area (Å²) in [6.07, 6.45) is -1.91. The van der Waals surface area contributed by atoms with Crippen molar-refractivity contribution < 1.29 is 19.4 Å². The molecule has 0 spiro atoms. The van der Waals surface area contributed by atoms with Gasteiger partial charge in [-0.1, -0.05) is 30.3 Å². The van der Waals surface area contributed by atoms with Crippen molar-refractivity contribution in [2.24, 2.45) is 5.73 Å². The van der Waals surface area contributed by atoms with E-state index in [-0.39, 0.29) is 6.61 Å². The quantitative estimate of drug-likeness (QED) is 0.686. The average Bonchev–Trinajstić information content (AvgIpc) is 2.26. The maximum atomic E-state index is 11.2. The van der Waals surface area contributed by atoms with Gasteiger partial charge in [0.25, 0.3) is 0 Å². The van der Waals surface area contributed by atoms with Crippen molar-refractivity contribution in [1.82, 2.24) is 0 Å². The lowest BCUT2D eigenvalue weighted by molar-refractivity contribution is -0.156. The minimum Gasteiger partial charge on any atom is -0.459 e. The first-order valence-electron chi connectivity index (χ1n) is 4.76. The van der Waals surface area contributed by atoms with Crippen molar-refractivity contribution >= 4 is 11.9 Å². The fourth-order valence-electron chi connectivity index (χ4n) is 1.10. The number of aliphatic hydroxyl groups excluding tert-OH is 1. The molecular formula is C11H13NO4. The molecule has 1 amide bonds. The molecule has 16 heavy (non-hydrogen) atoms. The van der Waals surface area contributed by atoms with Crippen molar-refractivity contribution in [3.05, 3.63) is 35.9 Å². The van der Waals surface area contributed by atoms with Gasteiger partial charge in [0.15, 0.2) is 6.10 Å². The summed E-state index contributed by atoms with van der Waals surface area (Å²) in [6, 6.07) is 9.03. The number of carbonyl (C=O) groups excluding carboxylic acids is 2. The van der Waals surface area contributed by atoms with Crippen LogP contribution in [0, 0.1) is 0 Å². The molecule has 1 unspecified atom stereocenters. The molecule has 0 aliphatic rings. The van der Waals surface area contributed by atoms with Gasteiger partial charge in [-0.05, 0) is 5.56 Å². The van der Waals surface area contributed by atoms with Crippen LogP contribution in [0.3, 0.4) is 0 Å². The summed E-state index contributed by atoms with van der Waals surface area (Å²) in [6.45, 7) is 0.0650. The number of hydrogen-bond acceptors (Lipinski definition) is 4. The van der Waals surface area contributed by atoms with Crippen LogP contribution in [-0.4, -0.2) is 23.1 Å². The number of rotatable bonds is 5. The zero-order valence-corrected chi connectivity index (χ0v) is 8.63. The average molecular weight is 223 g/mol. The maximum Gasteiger partial charge on any atom is 0.335 e. The Kier molecular flexibility index (Phi) is 4.47. The molecule has 1 atom stereocenters. The minimum absolute atomic E-state index is 0.0650. The second kappa shape index (κ2) is 5.87. The third kappa shape index (κ3) is 4.10. The van der Waals surface area contributed by atoms with Crippen LogP contribution in [0.4, 0.5) is 0 Å². The predicted molar refractivity (Wildman–Crippen MR) is 56.1 cm³/mol. The van der Waals surface area contributed by atoms with Gasteiger partial charge < -0.3 is 15.6 Å². The largest absolute Gasteiger partial charge is 0.459 e. The molecule has 0 saturated carbocycles. The Balaban J connectivity index is 2.38. The minimum atomic E-state index is -1.48. The van der Waals surface area contributed by atoms with E-state index in [1.165, 1.54) is 0 Å². The summed E-state index contributed by atoms with van der Waals surface area (Å²) in [5, 5.41) is 9.19. The van der Waals surface area contributed by atoms with Gasteiger partial charge in [-0.25, -0.2) is 4.79 Å². The first kappa shape index (κ1) is 12.2. The molecule has 3 N–H and O–H groups in total. The number of aliphatic hydroxyl groups is 1. The first-order chi connectivity index (χ1) is 7.59. The van der Waals surface area contributed by atoms with Crippen LogP contribution < -0.4 is 5.73 Å². The van der Waals surface area contributed by atoms with Crippen LogP contribution in [0.2, 0.25) is 0 Å². The number of esters is 1. The number of benzene rings is 1. The van der Waals surface area contributed by atoms with Crippen molar-refractivity contribution in [2.45, 2.75) is 19.1 Å². The van der Waals surface area contributed by atoms with E-state index in [0.717, 1.165) is 5.56 Å². The summed E-state index contributed by atoms with van der Waals surface area (Å²) < 4.78 is 4.79. The summed E-state index contributed by atoms with van der Waals surface area (Å²) in [5.41, 5.74) is 5.64. The van der Waals surface area contributed by atoms with Gasteiger partial charge in [0.05, 0.1) is 6.42 Å². The van der Waals surface area contributed by atoms with E-state index >= 15 is 0 Å². The lowest BCUT2D eigenvalue weighted by Gasteiger charge is -2.08. The number of hydrogen-bond donors (Lipinski definition) is 2. The first-order valence-corrected chi connectivity index (χ1v) is 4.76. The fourth-order valence-corrected chi connectivity index (χ4v) is 1.10. The van der Waals surface area contributed by atoms with E-state index in [1.807, 2.05) is 18.2 Å². The molecule has 0 bridgehead atoms. The van der Waals surface area contributed by atoms with Crippen molar-refractivity contribution in [3.8, 4) is 0 Å². The van der Waals surface area contributed by atoms with Gasteiger partial charge in [-0.2, -0.15) is 0 Å². The Bertz CT molecular complexity index is 364. The highest BCUT2D eigenvalue weighted by molar-refractivity contribution is 5.83. The van der Waals surface area contributed by atoms with E-state index in [0.29, 0.717) is 0 Å². The zero-order chi connectivity index (χ0) is 12.0. The number of carbonyl (C=O) groups is 2. The Hall–Kier alpha value is -1.88. The molecule has 0 saturated heterocycles. The lowest BCUT2D eigenvalue weighted by atomic mass is 10.2. The topological polar surface area (TPSA) is 89.6 Å². The SMILES string of the molecule is NC(=O)CC(O)C(=O)OCc1ccccc1. The van der Waals surface area contributed by atoms with E-state index < -0.39 is 24.4 Å². The third-order valence-corrected chi connectivity index (χ3v) is 1.89. The Labute approximate surface area is 92.8 Å². The van der Waals surface area contributed by atoms with E-state index in [2.05, 4.69) is 0 Å². The number of primary amides is 1. The van der Waals surface area contributed by atoms with E-state index in [4.69, 9.17) is 10.5 Å². The number of ether oxygens (including phenoxy) is 1. The molecule has 0 fully saturated rings. The summed E-state index contributed by atoms with van der Waals surface area (Å²) in [5.74, 6) is -1.59. The van der Waals surface area contributed by atoms with Gasteiger partial charge in [-0.3, -0.25) is 4.79 Å². The highest BCUT2D eigenvalue weighted by atomic mass is 16.5. The monoisotopic (exact) mass is 223 g/mol. The second-order valence-electron chi connectivity index (χ2n) is 3.28. The molecule has 0 aromatic heterocycles. The van der Waals surface area contributed by atoms with Gasteiger partial charge in [0.2, 0.25) is 5.91 Å². The standard InChI is InChI=1S/C11H13NO4/c12-10(14)6-9(13)11(15)16-7-8-4-2-1-3-5-8/h1-5,9,13H,6-7H2,(H2,12,14). The van der Waals surface area contributed by atoms with E-state index in [1.54, 1.807) is 12.1 Å². The highest BCUT2D eigenvalue weighted by Crippen LogP contribution is 2.03. The molecule has 0 heterocycles. The van der Waals surface area contributed by atoms with Crippen LogP contribution in [0.5, 0.6) is 0 Å². The molecule has 86 valence electrons. The highest BCUT2D eigenvalue weighted by Gasteiger charge is 2.18. The number of nitrogens with two attached hydrogens (primary N) is 1. The number of amides is 1. The van der Waals surface area contributed by atoms with Gasteiger partial charge >= 0.3 is 5.97 Å². The van der Waals surface area contributed by atoms with Crippen LogP contribution in [0.25, 0.3) is 0 Å². The Morgan fingerprint density at radius 1 is 1.31 bits per heavy atom. The molecule has 0 aliphatic heterocycles. The maximum absolute atomic E-state index is 11.2. The summed E-state index contributed by atoms with van der Waals surface area (Å²) in [7, 11) is 0. The van der Waals surface area contributed by atoms with Crippen LogP contribution in [0.1, 0.15) is 12.0 Å². The molecule has 1 aromatic rings.